The maximum Gasteiger partial charge on any atom is 0.322 e. The average molecular weight is 323 g/mol. The van der Waals surface area contributed by atoms with Crippen LogP contribution in [0.2, 0.25) is 0 Å². The molecule has 3 heterocycles. The van der Waals surface area contributed by atoms with Gasteiger partial charge >= 0.3 is 6.03 Å². The van der Waals surface area contributed by atoms with E-state index in [2.05, 4.69) is 5.32 Å². The van der Waals surface area contributed by atoms with Gasteiger partial charge in [0.1, 0.15) is 11.8 Å². The van der Waals surface area contributed by atoms with Crippen LogP contribution in [0.15, 0.2) is 64.4 Å². The fraction of sp³-hybridized carbons (Fsp3) is 0.222. The molecule has 6 nitrogen and oxygen atoms in total. The maximum absolute atomic E-state index is 13.0. The molecule has 2 aliphatic heterocycles. The summed E-state index contributed by atoms with van der Waals surface area (Å²) in [4.78, 5) is 28.4. The quantitative estimate of drug-likeness (QED) is 0.942. The van der Waals surface area contributed by atoms with Crippen molar-refractivity contribution in [3.8, 4) is 0 Å². The van der Waals surface area contributed by atoms with E-state index in [0.717, 1.165) is 11.3 Å². The predicted octanol–water partition coefficient (Wildman–Crippen LogP) is 2.27. The van der Waals surface area contributed by atoms with Gasteiger partial charge in [-0.3, -0.25) is 9.69 Å². The summed E-state index contributed by atoms with van der Waals surface area (Å²) in [6, 6.07) is 12.6. The average Bonchev–Trinajstić information content (AvgIpc) is 3.22. The molecule has 2 aromatic rings. The molecule has 1 aromatic carbocycles. The predicted molar refractivity (Wildman–Crippen MR) is 86.6 cm³/mol. The number of urea groups is 1. The molecule has 4 rings (SSSR count). The number of carbonyl (C=O) groups excluding carboxylic acids is 2. The fourth-order valence-corrected chi connectivity index (χ4v) is 3.22. The van der Waals surface area contributed by atoms with Crippen LogP contribution in [0.25, 0.3) is 0 Å². The lowest BCUT2D eigenvalue weighted by molar-refractivity contribution is -0.126. The molecular formula is C18H17N3O3. The third-order valence-corrected chi connectivity index (χ3v) is 4.48. The highest BCUT2D eigenvalue weighted by Gasteiger charge is 2.43. The summed E-state index contributed by atoms with van der Waals surface area (Å²) < 4.78 is 5.43. The van der Waals surface area contributed by atoms with Crippen molar-refractivity contribution in [1.29, 1.82) is 0 Å². The molecule has 2 aliphatic rings. The molecule has 0 radical (unpaired) electrons. The second-order valence-electron chi connectivity index (χ2n) is 5.96. The first-order valence-electron chi connectivity index (χ1n) is 7.79. The van der Waals surface area contributed by atoms with E-state index in [-0.39, 0.29) is 11.9 Å². The Morgan fingerprint density at radius 3 is 2.67 bits per heavy atom. The largest absolute Gasteiger partial charge is 0.467 e. The van der Waals surface area contributed by atoms with Gasteiger partial charge in [0.2, 0.25) is 0 Å². The number of hydrogen-bond acceptors (Lipinski definition) is 3. The second kappa shape index (κ2) is 5.56. The Labute approximate surface area is 139 Å². The summed E-state index contributed by atoms with van der Waals surface area (Å²) in [5, 5.41) is 2.84. The molecule has 6 heteroatoms. The Hall–Kier alpha value is -3.02. The SMILES string of the molecule is CN1C(=O)NC(c2ccco2)C2=C1CN(Cc1ccccc1)C2=O. The number of likely N-dealkylation sites (N-methyl/N-ethyl adjacent to an activating group) is 1. The van der Waals surface area contributed by atoms with Gasteiger partial charge in [0.05, 0.1) is 24.1 Å². The van der Waals surface area contributed by atoms with Crippen LogP contribution in [0.3, 0.4) is 0 Å². The molecular weight excluding hydrogens is 306 g/mol. The topological polar surface area (TPSA) is 65.8 Å². The zero-order valence-electron chi connectivity index (χ0n) is 13.2. The smallest absolute Gasteiger partial charge is 0.322 e. The number of nitrogens with one attached hydrogen (secondary N) is 1. The number of furan rings is 1. The zero-order chi connectivity index (χ0) is 16.7. The van der Waals surface area contributed by atoms with Crippen molar-refractivity contribution in [3.63, 3.8) is 0 Å². The van der Waals surface area contributed by atoms with Gasteiger partial charge in [0.25, 0.3) is 5.91 Å². The number of benzene rings is 1. The molecule has 0 saturated heterocycles. The molecule has 0 saturated carbocycles. The monoisotopic (exact) mass is 323 g/mol. The van der Waals surface area contributed by atoms with Crippen LogP contribution in [0.5, 0.6) is 0 Å². The van der Waals surface area contributed by atoms with Gasteiger partial charge in [-0.1, -0.05) is 30.3 Å². The Morgan fingerprint density at radius 2 is 1.96 bits per heavy atom. The third kappa shape index (κ3) is 2.27. The lowest BCUT2D eigenvalue weighted by Gasteiger charge is -2.29. The lowest BCUT2D eigenvalue weighted by Crippen LogP contribution is -2.45. The Kier molecular flexibility index (Phi) is 3.37. The summed E-state index contributed by atoms with van der Waals surface area (Å²) in [5.41, 5.74) is 2.38. The molecule has 3 amide bonds. The number of carbonyl (C=O) groups is 2. The molecule has 1 aromatic heterocycles. The first kappa shape index (κ1) is 14.6. The Balaban J connectivity index is 1.67. The van der Waals surface area contributed by atoms with Gasteiger partial charge < -0.3 is 14.6 Å². The van der Waals surface area contributed by atoms with E-state index in [1.165, 1.54) is 4.90 Å². The molecule has 0 bridgehead atoms. The van der Waals surface area contributed by atoms with E-state index in [9.17, 15) is 9.59 Å². The minimum Gasteiger partial charge on any atom is -0.467 e. The first-order chi connectivity index (χ1) is 11.6. The van der Waals surface area contributed by atoms with Crippen LogP contribution < -0.4 is 5.32 Å². The molecule has 122 valence electrons. The van der Waals surface area contributed by atoms with E-state index in [4.69, 9.17) is 4.42 Å². The number of rotatable bonds is 3. The number of amides is 3. The van der Waals surface area contributed by atoms with Crippen LogP contribution >= 0.6 is 0 Å². The molecule has 1 atom stereocenters. The van der Waals surface area contributed by atoms with Crippen LogP contribution in [-0.4, -0.2) is 35.3 Å². The van der Waals surface area contributed by atoms with Crippen molar-refractivity contribution >= 4 is 11.9 Å². The van der Waals surface area contributed by atoms with Crippen molar-refractivity contribution in [1.82, 2.24) is 15.1 Å². The molecule has 0 fully saturated rings. The van der Waals surface area contributed by atoms with Crippen molar-refractivity contribution in [2.75, 3.05) is 13.6 Å². The molecule has 0 spiro atoms. The van der Waals surface area contributed by atoms with E-state index >= 15 is 0 Å². The summed E-state index contributed by atoms with van der Waals surface area (Å²) in [5.74, 6) is 0.501. The number of nitrogens with zero attached hydrogens (tertiary/aromatic N) is 2. The van der Waals surface area contributed by atoms with Gasteiger partial charge in [0.15, 0.2) is 0 Å². The van der Waals surface area contributed by atoms with E-state index < -0.39 is 6.04 Å². The van der Waals surface area contributed by atoms with Crippen molar-refractivity contribution in [2.45, 2.75) is 12.6 Å². The molecule has 1 unspecified atom stereocenters. The van der Waals surface area contributed by atoms with Crippen LogP contribution in [0.1, 0.15) is 17.4 Å². The highest BCUT2D eigenvalue weighted by molar-refractivity contribution is 6.01. The van der Waals surface area contributed by atoms with Crippen molar-refractivity contribution in [2.24, 2.45) is 0 Å². The van der Waals surface area contributed by atoms with Gasteiger partial charge in [-0.05, 0) is 17.7 Å². The van der Waals surface area contributed by atoms with Crippen molar-refractivity contribution in [3.05, 3.63) is 71.3 Å². The Morgan fingerprint density at radius 1 is 1.17 bits per heavy atom. The van der Waals surface area contributed by atoms with Gasteiger partial charge in [0, 0.05) is 13.6 Å². The zero-order valence-corrected chi connectivity index (χ0v) is 13.2. The molecule has 24 heavy (non-hydrogen) atoms. The second-order valence-corrected chi connectivity index (χ2v) is 5.96. The third-order valence-electron chi connectivity index (χ3n) is 4.48. The highest BCUT2D eigenvalue weighted by Crippen LogP contribution is 2.36. The molecule has 1 N–H and O–H groups in total. The minimum atomic E-state index is -0.535. The lowest BCUT2D eigenvalue weighted by atomic mass is 10.0. The van der Waals surface area contributed by atoms with Gasteiger partial charge in [-0.15, -0.1) is 0 Å². The normalized spacial score (nSPS) is 20.5. The number of hydrogen-bond donors (Lipinski definition) is 1. The fourth-order valence-electron chi connectivity index (χ4n) is 3.22. The summed E-state index contributed by atoms with van der Waals surface area (Å²) >= 11 is 0. The maximum atomic E-state index is 13.0. The Bertz CT molecular complexity index is 811. The van der Waals surface area contributed by atoms with Crippen LogP contribution in [0.4, 0.5) is 4.79 Å². The summed E-state index contributed by atoms with van der Waals surface area (Å²) in [6.45, 7) is 0.934. The van der Waals surface area contributed by atoms with E-state index in [1.54, 1.807) is 30.3 Å². The van der Waals surface area contributed by atoms with E-state index in [1.807, 2.05) is 30.3 Å². The van der Waals surface area contributed by atoms with Crippen molar-refractivity contribution < 1.29 is 14.0 Å². The molecule has 0 aliphatic carbocycles. The summed E-state index contributed by atoms with van der Waals surface area (Å²) in [7, 11) is 1.68. The van der Waals surface area contributed by atoms with Gasteiger partial charge in [-0.2, -0.15) is 0 Å². The first-order valence-corrected chi connectivity index (χ1v) is 7.79. The van der Waals surface area contributed by atoms with Crippen LogP contribution in [0, 0.1) is 0 Å². The highest BCUT2D eigenvalue weighted by atomic mass is 16.3. The standard InChI is InChI=1S/C18H17N3O3/c1-20-13-11-21(10-12-6-3-2-4-7-12)17(22)15(13)16(19-18(20)23)14-8-5-9-24-14/h2-9,16H,10-11H2,1H3,(H,19,23). The van der Waals surface area contributed by atoms with Gasteiger partial charge in [-0.25, -0.2) is 4.79 Å². The van der Waals surface area contributed by atoms with Crippen LogP contribution in [-0.2, 0) is 11.3 Å². The summed E-state index contributed by atoms with van der Waals surface area (Å²) in [6.07, 6.45) is 1.54. The van der Waals surface area contributed by atoms with E-state index in [0.29, 0.717) is 24.4 Å². The minimum absolute atomic E-state index is 0.0675.